The van der Waals surface area contributed by atoms with Gasteiger partial charge in [-0.05, 0) is 69.3 Å². The average Bonchev–Trinajstić information content (AvgIpc) is 3.15. The molecule has 0 bridgehead atoms. The second kappa shape index (κ2) is 8.34. The summed E-state index contributed by atoms with van der Waals surface area (Å²) in [5.74, 6) is 0.167. The molecule has 136 valence electrons. The maximum Gasteiger partial charge on any atom is 0.248 e. The van der Waals surface area contributed by atoms with Crippen LogP contribution in [0.3, 0.4) is 0 Å². The highest BCUT2D eigenvalue weighted by Crippen LogP contribution is 2.30. The van der Waals surface area contributed by atoms with Crippen LogP contribution in [0.25, 0.3) is 0 Å². The van der Waals surface area contributed by atoms with Gasteiger partial charge in [-0.2, -0.15) is 0 Å². The molecule has 0 aromatic heterocycles. The van der Waals surface area contributed by atoms with E-state index in [9.17, 15) is 9.59 Å². The molecule has 25 heavy (non-hydrogen) atoms. The van der Waals surface area contributed by atoms with Gasteiger partial charge >= 0.3 is 0 Å². The van der Waals surface area contributed by atoms with Gasteiger partial charge in [0.15, 0.2) is 0 Å². The van der Waals surface area contributed by atoms with Gasteiger partial charge in [-0.15, -0.1) is 0 Å². The highest BCUT2D eigenvalue weighted by Gasteiger charge is 2.19. The minimum Gasteiger partial charge on any atom is -0.370 e. The summed E-state index contributed by atoms with van der Waals surface area (Å²) in [4.78, 5) is 26.2. The molecule has 2 aliphatic heterocycles. The number of rotatable bonds is 6. The molecule has 0 aliphatic carbocycles. The van der Waals surface area contributed by atoms with E-state index in [1.54, 1.807) is 12.1 Å². The normalized spacial score (nSPS) is 18.3. The Morgan fingerprint density at radius 1 is 1.20 bits per heavy atom. The van der Waals surface area contributed by atoms with Crippen LogP contribution < -0.4 is 21.3 Å². The molecule has 0 saturated carbocycles. The van der Waals surface area contributed by atoms with E-state index >= 15 is 0 Å². The first kappa shape index (κ1) is 17.7. The van der Waals surface area contributed by atoms with Crippen LogP contribution in [0.4, 0.5) is 11.4 Å². The fourth-order valence-corrected chi connectivity index (χ4v) is 3.74. The number of hydrogen-bond donors (Lipinski definition) is 3. The van der Waals surface area contributed by atoms with E-state index in [2.05, 4.69) is 15.5 Å². The predicted octanol–water partition coefficient (Wildman–Crippen LogP) is 2.10. The molecule has 2 aliphatic rings. The van der Waals surface area contributed by atoms with E-state index in [-0.39, 0.29) is 5.91 Å². The molecule has 4 N–H and O–H groups in total. The van der Waals surface area contributed by atoms with Crippen molar-refractivity contribution in [1.29, 1.82) is 0 Å². The van der Waals surface area contributed by atoms with Crippen LogP contribution in [0.2, 0.25) is 0 Å². The molecule has 0 atom stereocenters. The van der Waals surface area contributed by atoms with E-state index in [0.717, 1.165) is 64.0 Å². The summed E-state index contributed by atoms with van der Waals surface area (Å²) in [7, 11) is 0. The number of benzene rings is 1. The van der Waals surface area contributed by atoms with Crippen LogP contribution in [0.1, 0.15) is 48.9 Å². The first-order valence-corrected chi connectivity index (χ1v) is 9.33. The van der Waals surface area contributed by atoms with Crippen LogP contribution in [0.5, 0.6) is 0 Å². The van der Waals surface area contributed by atoms with Crippen molar-refractivity contribution in [2.24, 2.45) is 11.7 Å². The van der Waals surface area contributed by atoms with Gasteiger partial charge in [-0.1, -0.05) is 0 Å². The summed E-state index contributed by atoms with van der Waals surface area (Å²) in [5.41, 5.74) is 7.52. The third-order valence-electron chi connectivity index (χ3n) is 5.24. The molecule has 6 nitrogen and oxygen atoms in total. The van der Waals surface area contributed by atoms with Crippen molar-refractivity contribution in [2.75, 3.05) is 36.4 Å². The Balaban J connectivity index is 1.66. The fourth-order valence-electron chi connectivity index (χ4n) is 3.74. The van der Waals surface area contributed by atoms with Gasteiger partial charge in [-0.25, -0.2) is 0 Å². The Morgan fingerprint density at radius 2 is 1.92 bits per heavy atom. The number of nitrogens with two attached hydrogens (primary N) is 1. The van der Waals surface area contributed by atoms with Crippen LogP contribution in [-0.4, -0.2) is 38.0 Å². The molecule has 0 radical (unpaired) electrons. The summed E-state index contributed by atoms with van der Waals surface area (Å²) in [6.07, 6.45) is 6.03. The van der Waals surface area contributed by atoms with E-state index in [0.29, 0.717) is 23.6 Å². The van der Waals surface area contributed by atoms with Crippen molar-refractivity contribution >= 4 is 23.2 Å². The third kappa shape index (κ3) is 4.72. The van der Waals surface area contributed by atoms with E-state index in [1.807, 2.05) is 6.07 Å². The summed E-state index contributed by atoms with van der Waals surface area (Å²) >= 11 is 0. The van der Waals surface area contributed by atoms with Gasteiger partial charge in [0, 0.05) is 25.1 Å². The fraction of sp³-hybridized carbons (Fsp3) is 0.579. The minimum atomic E-state index is -0.474. The number of carbonyl (C=O) groups is 2. The predicted molar refractivity (Wildman–Crippen MR) is 99.9 cm³/mol. The monoisotopic (exact) mass is 344 g/mol. The molecule has 6 heteroatoms. The highest BCUT2D eigenvalue weighted by atomic mass is 16.2. The Labute approximate surface area is 149 Å². The van der Waals surface area contributed by atoms with Crippen molar-refractivity contribution in [1.82, 2.24) is 5.32 Å². The van der Waals surface area contributed by atoms with Gasteiger partial charge in [-0.3, -0.25) is 9.59 Å². The summed E-state index contributed by atoms with van der Waals surface area (Å²) in [6, 6.07) is 5.34. The molecule has 0 spiro atoms. The number of hydrogen-bond acceptors (Lipinski definition) is 4. The van der Waals surface area contributed by atoms with Crippen molar-refractivity contribution in [3.8, 4) is 0 Å². The lowest BCUT2D eigenvalue weighted by Gasteiger charge is -2.23. The summed E-state index contributed by atoms with van der Waals surface area (Å²) in [5, 5.41) is 6.37. The largest absolute Gasteiger partial charge is 0.370 e. The highest BCUT2D eigenvalue weighted by molar-refractivity contribution is 5.99. The lowest BCUT2D eigenvalue weighted by Crippen LogP contribution is -2.28. The molecular formula is C19H28N4O2. The molecule has 2 fully saturated rings. The summed E-state index contributed by atoms with van der Waals surface area (Å²) in [6.45, 7) is 4.06. The Hall–Kier alpha value is -2.08. The Morgan fingerprint density at radius 3 is 2.60 bits per heavy atom. The molecule has 1 aromatic carbocycles. The van der Waals surface area contributed by atoms with Crippen molar-refractivity contribution in [3.05, 3.63) is 23.8 Å². The lowest BCUT2D eigenvalue weighted by molar-refractivity contribution is -0.116. The Kier molecular flexibility index (Phi) is 5.91. The number of anilines is 2. The molecule has 2 heterocycles. The number of primary amides is 1. The second-order valence-electron chi connectivity index (χ2n) is 7.07. The molecular weight excluding hydrogens is 316 g/mol. The minimum absolute atomic E-state index is 0.0144. The number of amides is 2. The average molecular weight is 344 g/mol. The number of piperidine rings is 1. The van der Waals surface area contributed by atoms with Crippen molar-refractivity contribution in [2.45, 2.75) is 38.5 Å². The zero-order valence-electron chi connectivity index (χ0n) is 14.7. The van der Waals surface area contributed by atoms with Gasteiger partial charge < -0.3 is 21.3 Å². The van der Waals surface area contributed by atoms with E-state index in [1.165, 1.54) is 0 Å². The van der Waals surface area contributed by atoms with Gasteiger partial charge in [0.25, 0.3) is 0 Å². The van der Waals surface area contributed by atoms with Crippen LogP contribution >= 0.6 is 0 Å². The zero-order chi connectivity index (χ0) is 17.6. The first-order chi connectivity index (χ1) is 12.1. The lowest BCUT2D eigenvalue weighted by atomic mass is 9.93. The van der Waals surface area contributed by atoms with Crippen LogP contribution in [0.15, 0.2) is 18.2 Å². The number of nitrogens with zero attached hydrogens (tertiary/aromatic N) is 1. The summed E-state index contributed by atoms with van der Waals surface area (Å²) < 4.78 is 0. The van der Waals surface area contributed by atoms with Gasteiger partial charge in [0.1, 0.15) is 0 Å². The zero-order valence-corrected chi connectivity index (χ0v) is 14.7. The Bertz CT molecular complexity index is 620. The topological polar surface area (TPSA) is 87.5 Å². The molecule has 2 saturated heterocycles. The van der Waals surface area contributed by atoms with E-state index in [4.69, 9.17) is 5.73 Å². The quantitative estimate of drug-likeness (QED) is 0.737. The maximum absolute atomic E-state index is 12.4. The molecule has 0 unspecified atom stereocenters. The SMILES string of the molecule is NC(=O)c1ccc(N2CCCC2)c(NC(=O)CCC2CCNCC2)c1. The number of carbonyl (C=O) groups excluding carboxylic acids is 2. The third-order valence-corrected chi connectivity index (χ3v) is 5.24. The standard InChI is InChI=1S/C19H28N4O2/c20-19(25)15-4-5-17(23-11-1-2-12-23)16(13-15)22-18(24)6-3-14-7-9-21-10-8-14/h4-5,13-14,21H,1-3,6-12H2,(H2,20,25)(H,22,24). The van der Waals surface area contributed by atoms with Gasteiger partial charge in [0.05, 0.1) is 11.4 Å². The van der Waals surface area contributed by atoms with Gasteiger partial charge in [0.2, 0.25) is 11.8 Å². The maximum atomic E-state index is 12.4. The van der Waals surface area contributed by atoms with Crippen molar-refractivity contribution < 1.29 is 9.59 Å². The van der Waals surface area contributed by atoms with Crippen LogP contribution in [0, 0.1) is 5.92 Å². The first-order valence-electron chi connectivity index (χ1n) is 9.33. The van der Waals surface area contributed by atoms with E-state index < -0.39 is 5.91 Å². The number of nitrogens with one attached hydrogen (secondary N) is 2. The van der Waals surface area contributed by atoms with Crippen molar-refractivity contribution in [3.63, 3.8) is 0 Å². The second-order valence-corrected chi connectivity index (χ2v) is 7.07. The smallest absolute Gasteiger partial charge is 0.248 e. The molecule has 2 amide bonds. The van der Waals surface area contributed by atoms with Crippen LogP contribution in [-0.2, 0) is 4.79 Å². The molecule has 3 rings (SSSR count). The molecule has 1 aromatic rings.